The summed E-state index contributed by atoms with van der Waals surface area (Å²) in [4.78, 5) is 9.24. The van der Waals surface area contributed by atoms with E-state index in [1.54, 1.807) is 0 Å². The summed E-state index contributed by atoms with van der Waals surface area (Å²) in [6, 6.07) is 8.09. The second-order valence-corrected chi connectivity index (χ2v) is 5.41. The Hall–Kier alpha value is -2.36. The fraction of sp³-hybridized carbons (Fsp3) is 0.333. The van der Waals surface area contributed by atoms with E-state index in [9.17, 15) is 0 Å². The number of aryl methyl sites for hydroxylation is 1. The van der Waals surface area contributed by atoms with Crippen molar-refractivity contribution in [1.82, 2.24) is 4.98 Å². The summed E-state index contributed by atoms with van der Waals surface area (Å²) in [5.41, 5.74) is 5.85. The maximum absolute atomic E-state index is 6.14. The van der Waals surface area contributed by atoms with Gasteiger partial charge in [0.2, 0.25) is 0 Å². The number of aromatic nitrogens is 1. The zero-order valence-electron chi connectivity index (χ0n) is 13.5. The van der Waals surface area contributed by atoms with E-state index in [2.05, 4.69) is 30.2 Å². The summed E-state index contributed by atoms with van der Waals surface area (Å²) in [6.07, 6.45) is 0. The van der Waals surface area contributed by atoms with Gasteiger partial charge < -0.3 is 9.73 Å². The lowest BCUT2D eigenvalue weighted by atomic mass is 10.1. The number of nitrogens with one attached hydrogen (secondary N) is 1. The predicted octanol–water partition coefficient (Wildman–Crippen LogP) is 3.90. The summed E-state index contributed by atoms with van der Waals surface area (Å²) in [6.45, 7) is 9.88. The van der Waals surface area contributed by atoms with Crippen molar-refractivity contribution in [2.75, 3.05) is 18.4 Å². The van der Waals surface area contributed by atoms with E-state index in [1.807, 2.05) is 32.0 Å². The molecular weight excluding hydrogens is 274 g/mol. The Morgan fingerprint density at radius 2 is 2.00 bits per heavy atom. The van der Waals surface area contributed by atoms with Crippen LogP contribution in [0.2, 0.25) is 0 Å². The molecule has 0 aromatic heterocycles. The largest absolute Gasteiger partial charge is 0.452 e. The molecule has 0 bridgehead atoms. The SMILES string of the molecule is CCN=c1ccc2nc3cc(C)c(NCC)cc3oc-2c1C. The fourth-order valence-electron chi connectivity index (χ4n) is 2.69. The first-order valence-electron chi connectivity index (χ1n) is 7.73. The molecule has 0 saturated heterocycles. The topological polar surface area (TPSA) is 50.4 Å². The molecule has 2 aliphatic rings. The molecule has 0 amide bonds. The third-order valence-electron chi connectivity index (χ3n) is 3.81. The van der Waals surface area contributed by atoms with E-state index >= 15 is 0 Å². The molecule has 0 saturated carbocycles. The van der Waals surface area contributed by atoms with Crippen LogP contribution in [0.4, 0.5) is 5.69 Å². The number of rotatable bonds is 3. The van der Waals surface area contributed by atoms with Crippen molar-refractivity contribution in [3.8, 4) is 11.5 Å². The van der Waals surface area contributed by atoms with Gasteiger partial charge in [0.25, 0.3) is 0 Å². The molecule has 22 heavy (non-hydrogen) atoms. The van der Waals surface area contributed by atoms with Gasteiger partial charge in [-0.1, -0.05) is 0 Å². The molecule has 0 atom stereocenters. The molecule has 1 aliphatic heterocycles. The van der Waals surface area contributed by atoms with Crippen molar-refractivity contribution in [3.63, 3.8) is 0 Å². The molecule has 1 aliphatic carbocycles. The molecule has 1 aromatic rings. The van der Waals surface area contributed by atoms with Crippen molar-refractivity contribution >= 4 is 16.8 Å². The lowest BCUT2D eigenvalue weighted by molar-refractivity contribution is 0.607. The minimum Gasteiger partial charge on any atom is -0.452 e. The Kier molecular flexibility index (Phi) is 3.84. The van der Waals surface area contributed by atoms with Crippen LogP contribution in [0.15, 0.2) is 33.7 Å². The number of hydrogen-bond acceptors (Lipinski definition) is 4. The van der Waals surface area contributed by atoms with Crippen molar-refractivity contribution < 1.29 is 4.42 Å². The summed E-state index contributed by atoms with van der Waals surface area (Å²) < 4.78 is 6.14. The summed E-state index contributed by atoms with van der Waals surface area (Å²) in [5.74, 6) is 0.813. The van der Waals surface area contributed by atoms with E-state index in [1.165, 1.54) is 5.56 Å². The number of hydrogen-bond donors (Lipinski definition) is 1. The molecule has 0 unspecified atom stereocenters. The van der Waals surface area contributed by atoms with Gasteiger partial charge in [-0.15, -0.1) is 0 Å². The van der Waals surface area contributed by atoms with Crippen molar-refractivity contribution in [2.24, 2.45) is 4.99 Å². The van der Waals surface area contributed by atoms with Crippen LogP contribution in [-0.2, 0) is 0 Å². The van der Waals surface area contributed by atoms with Gasteiger partial charge in [-0.05, 0) is 51.5 Å². The van der Waals surface area contributed by atoms with Crippen molar-refractivity contribution in [2.45, 2.75) is 27.7 Å². The van der Waals surface area contributed by atoms with Gasteiger partial charge >= 0.3 is 0 Å². The van der Waals surface area contributed by atoms with Gasteiger partial charge in [0, 0.05) is 30.4 Å². The molecule has 0 spiro atoms. The van der Waals surface area contributed by atoms with Gasteiger partial charge in [0.15, 0.2) is 11.3 Å². The van der Waals surface area contributed by atoms with Crippen LogP contribution in [0.25, 0.3) is 22.6 Å². The van der Waals surface area contributed by atoms with Crippen molar-refractivity contribution in [3.05, 3.63) is 40.7 Å². The smallest absolute Gasteiger partial charge is 0.158 e. The Morgan fingerprint density at radius 3 is 2.73 bits per heavy atom. The van der Waals surface area contributed by atoms with Crippen LogP contribution < -0.4 is 10.7 Å². The molecule has 114 valence electrons. The fourth-order valence-corrected chi connectivity index (χ4v) is 2.69. The zero-order valence-corrected chi connectivity index (χ0v) is 13.5. The van der Waals surface area contributed by atoms with Crippen LogP contribution in [0, 0.1) is 13.8 Å². The summed E-state index contributed by atoms with van der Waals surface area (Å²) in [7, 11) is 0. The molecule has 1 heterocycles. The summed E-state index contributed by atoms with van der Waals surface area (Å²) in [5, 5.41) is 4.33. The average Bonchev–Trinajstić information content (AvgIpc) is 2.50. The van der Waals surface area contributed by atoms with Gasteiger partial charge in [-0.25, -0.2) is 4.98 Å². The molecule has 4 heteroatoms. The molecule has 0 radical (unpaired) electrons. The van der Waals surface area contributed by atoms with Gasteiger partial charge in [0.1, 0.15) is 11.2 Å². The highest BCUT2D eigenvalue weighted by Crippen LogP contribution is 2.29. The van der Waals surface area contributed by atoms with E-state index < -0.39 is 0 Å². The summed E-state index contributed by atoms with van der Waals surface area (Å²) >= 11 is 0. The Labute approximate surface area is 130 Å². The van der Waals surface area contributed by atoms with E-state index in [0.29, 0.717) is 0 Å². The third-order valence-corrected chi connectivity index (χ3v) is 3.81. The predicted molar refractivity (Wildman–Crippen MR) is 90.4 cm³/mol. The Bertz CT molecular complexity index is 864. The normalized spacial score (nSPS) is 12.3. The Morgan fingerprint density at radius 1 is 1.18 bits per heavy atom. The minimum atomic E-state index is 0.761. The molecular formula is C18H21N3O. The lowest BCUT2D eigenvalue weighted by Gasteiger charge is -2.12. The first-order valence-corrected chi connectivity index (χ1v) is 7.73. The van der Waals surface area contributed by atoms with Crippen LogP contribution in [0.5, 0.6) is 0 Å². The maximum atomic E-state index is 6.14. The highest BCUT2D eigenvalue weighted by atomic mass is 16.3. The number of benzene rings is 2. The molecule has 1 N–H and O–H groups in total. The van der Waals surface area contributed by atoms with Gasteiger partial charge in [-0.2, -0.15) is 0 Å². The maximum Gasteiger partial charge on any atom is 0.158 e. The quantitative estimate of drug-likeness (QED) is 0.745. The first-order chi connectivity index (χ1) is 10.6. The first kappa shape index (κ1) is 14.6. The third kappa shape index (κ3) is 2.45. The highest BCUT2D eigenvalue weighted by molar-refractivity contribution is 5.82. The molecule has 1 aromatic carbocycles. The van der Waals surface area contributed by atoms with Crippen molar-refractivity contribution in [1.29, 1.82) is 0 Å². The monoisotopic (exact) mass is 295 g/mol. The number of anilines is 1. The van der Waals surface area contributed by atoms with E-state index in [-0.39, 0.29) is 0 Å². The Balaban J connectivity index is 2.30. The minimum absolute atomic E-state index is 0.761. The van der Waals surface area contributed by atoms with Crippen LogP contribution >= 0.6 is 0 Å². The average molecular weight is 295 g/mol. The van der Waals surface area contributed by atoms with E-state index in [0.717, 1.165) is 52.3 Å². The lowest BCUT2D eigenvalue weighted by Crippen LogP contribution is -2.09. The zero-order chi connectivity index (χ0) is 15.7. The van der Waals surface area contributed by atoms with E-state index in [4.69, 9.17) is 9.40 Å². The van der Waals surface area contributed by atoms with Crippen LogP contribution in [-0.4, -0.2) is 18.1 Å². The molecule has 0 fully saturated rings. The van der Waals surface area contributed by atoms with Crippen LogP contribution in [0.3, 0.4) is 0 Å². The molecule has 3 rings (SSSR count). The number of fused-ring (bicyclic) bond motifs is 2. The second kappa shape index (κ2) is 5.79. The standard InChI is InChI=1S/C18H21N3O/c1-5-19-13-7-8-14-18(12(13)4)22-17-10-15(20-6-2)11(3)9-16(17)21-14/h7-10,20H,5-6H2,1-4H3. The molecule has 4 nitrogen and oxygen atoms in total. The van der Waals surface area contributed by atoms with Gasteiger partial charge in [0.05, 0.1) is 5.36 Å². The highest BCUT2D eigenvalue weighted by Gasteiger charge is 2.14. The number of nitrogens with zero attached hydrogens (tertiary/aromatic N) is 2. The van der Waals surface area contributed by atoms with Crippen LogP contribution in [0.1, 0.15) is 25.0 Å². The second-order valence-electron chi connectivity index (χ2n) is 5.41. The van der Waals surface area contributed by atoms with Gasteiger partial charge in [-0.3, -0.25) is 4.99 Å².